The van der Waals surface area contributed by atoms with Crippen LogP contribution in [0.5, 0.6) is 0 Å². The molecule has 1 heterocycles. The molecule has 2 rings (SSSR count). The molecule has 1 unspecified atom stereocenters. The highest BCUT2D eigenvalue weighted by molar-refractivity contribution is 7.73. The van der Waals surface area contributed by atoms with Crippen LogP contribution in [0.4, 0.5) is 9.52 Å². The minimum atomic E-state index is -0.221. The smallest absolute Gasteiger partial charge is 0.204 e. The third-order valence-corrected chi connectivity index (χ3v) is 3.17. The summed E-state index contributed by atoms with van der Waals surface area (Å²) in [5, 5.41) is 10.4. The van der Waals surface area contributed by atoms with Crippen LogP contribution >= 0.6 is 23.6 Å². The SMILES string of the molecule is CC(Nc1n[nH]c(=S)s1)c1ccccc1F. The molecule has 6 heteroatoms. The molecule has 2 N–H and O–H groups in total. The Morgan fingerprint density at radius 2 is 2.25 bits per heavy atom. The fourth-order valence-electron chi connectivity index (χ4n) is 1.38. The third-order valence-electron chi connectivity index (χ3n) is 2.15. The lowest BCUT2D eigenvalue weighted by molar-refractivity contribution is 0.600. The zero-order valence-corrected chi connectivity index (χ0v) is 10.2. The van der Waals surface area contributed by atoms with Crippen LogP contribution in [-0.4, -0.2) is 10.2 Å². The van der Waals surface area contributed by atoms with Crippen LogP contribution in [0.2, 0.25) is 0 Å². The van der Waals surface area contributed by atoms with Crippen LogP contribution in [0.15, 0.2) is 24.3 Å². The average molecular weight is 255 g/mol. The molecule has 16 heavy (non-hydrogen) atoms. The zero-order chi connectivity index (χ0) is 11.5. The van der Waals surface area contributed by atoms with Gasteiger partial charge in [-0.2, -0.15) is 0 Å². The van der Waals surface area contributed by atoms with E-state index in [-0.39, 0.29) is 11.9 Å². The predicted molar refractivity (Wildman–Crippen MR) is 65.7 cm³/mol. The van der Waals surface area contributed by atoms with E-state index in [9.17, 15) is 4.39 Å². The van der Waals surface area contributed by atoms with Crippen molar-refractivity contribution in [3.05, 3.63) is 39.6 Å². The number of anilines is 1. The van der Waals surface area contributed by atoms with Gasteiger partial charge in [0.05, 0.1) is 6.04 Å². The number of rotatable bonds is 3. The summed E-state index contributed by atoms with van der Waals surface area (Å²) >= 11 is 6.25. The highest BCUT2D eigenvalue weighted by Crippen LogP contribution is 2.22. The van der Waals surface area contributed by atoms with Crippen LogP contribution in [0, 0.1) is 9.77 Å². The van der Waals surface area contributed by atoms with Gasteiger partial charge in [0, 0.05) is 5.56 Å². The van der Waals surface area contributed by atoms with Crippen LogP contribution < -0.4 is 5.32 Å². The maximum Gasteiger partial charge on any atom is 0.204 e. The quantitative estimate of drug-likeness (QED) is 0.825. The van der Waals surface area contributed by atoms with E-state index in [1.165, 1.54) is 17.4 Å². The van der Waals surface area contributed by atoms with E-state index in [2.05, 4.69) is 15.5 Å². The minimum absolute atomic E-state index is 0.143. The molecule has 84 valence electrons. The fourth-order valence-corrected chi connectivity index (χ4v) is 2.26. The van der Waals surface area contributed by atoms with Crippen molar-refractivity contribution >= 4 is 28.7 Å². The van der Waals surface area contributed by atoms with Gasteiger partial charge < -0.3 is 5.32 Å². The van der Waals surface area contributed by atoms with E-state index >= 15 is 0 Å². The zero-order valence-electron chi connectivity index (χ0n) is 8.53. The number of aromatic nitrogens is 2. The summed E-state index contributed by atoms with van der Waals surface area (Å²) in [7, 11) is 0. The van der Waals surface area contributed by atoms with E-state index in [4.69, 9.17) is 12.2 Å². The minimum Gasteiger partial charge on any atom is -0.353 e. The van der Waals surface area contributed by atoms with Crippen molar-refractivity contribution in [3.8, 4) is 0 Å². The molecule has 0 amide bonds. The highest BCUT2D eigenvalue weighted by atomic mass is 32.1. The lowest BCUT2D eigenvalue weighted by Crippen LogP contribution is -2.08. The van der Waals surface area contributed by atoms with Gasteiger partial charge in [-0.25, -0.2) is 4.39 Å². The molecule has 2 aromatic rings. The van der Waals surface area contributed by atoms with Crippen LogP contribution in [0.3, 0.4) is 0 Å². The number of nitrogens with one attached hydrogen (secondary N) is 2. The Balaban J connectivity index is 2.17. The summed E-state index contributed by atoms with van der Waals surface area (Å²) in [5.74, 6) is -0.221. The molecule has 0 aliphatic heterocycles. The van der Waals surface area contributed by atoms with Crippen molar-refractivity contribution in [2.75, 3.05) is 5.32 Å². The van der Waals surface area contributed by atoms with Crippen LogP contribution in [0.25, 0.3) is 0 Å². The second kappa shape index (κ2) is 4.71. The average Bonchev–Trinajstić information content (AvgIpc) is 2.64. The lowest BCUT2D eigenvalue weighted by atomic mass is 10.1. The number of benzene rings is 1. The Morgan fingerprint density at radius 3 is 2.88 bits per heavy atom. The van der Waals surface area contributed by atoms with Crippen LogP contribution in [-0.2, 0) is 0 Å². The van der Waals surface area contributed by atoms with Gasteiger partial charge in [-0.15, -0.1) is 5.10 Å². The third kappa shape index (κ3) is 2.45. The molecule has 1 aromatic carbocycles. The second-order valence-corrected chi connectivity index (χ2v) is 4.97. The van der Waals surface area contributed by atoms with Gasteiger partial charge in [0.2, 0.25) is 5.13 Å². The lowest BCUT2D eigenvalue weighted by Gasteiger charge is -2.13. The maximum atomic E-state index is 13.5. The highest BCUT2D eigenvalue weighted by Gasteiger charge is 2.11. The Bertz CT molecular complexity index is 535. The summed E-state index contributed by atoms with van der Waals surface area (Å²) in [6.45, 7) is 1.88. The first-order valence-electron chi connectivity index (χ1n) is 4.73. The van der Waals surface area contributed by atoms with Crippen molar-refractivity contribution in [3.63, 3.8) is 0 Å². The molecule has 0 radical (unpaired) electrons. The van der Waals surface area contributed by atoms with Crippen molar-refractivity contribution in [2.45, 2.75) is 13.0 Å². The first-order chi connectivity index (χ1) is 7.66. The first-order valence-corrected chi connectivity index (χ1v) is 5.96. The number of nitrogens with zero attached hydrogens (tertiary/aromatic N) is 1. The maximum absolute atomic E-state index is 13.5. The van der Waals surface area contributed by atoms with E-state index in [1.54, 1.807) is 12.1 Å². The number of halogens is 1. The van der Waals surface area contributed by atoms with Gasteiger partial charge in [-0.1, -0.05) is 29.5 Å². The fraction of sp³-hybridized carbons (Fsp3) is 0.200. The van der Waals surface area contributed by atoms with Gasteiger partial charge in [-0.3, -0.25) is 5.10 Å². The standard InChI is InChI=1S/C10H10FN3S2/c1-6(7-4-2-3-5-8(7)11)12-9-13-14-10(15)16-9/h2-6H,1H3,(H,12,13)(H,14,15). The molecule has 0 saturated heterocycles. The number of hydrogen-bond donors (Lipinski definition) is 2. The van der Waals surface area contributed by atoms with Crippen molar-refractivity contribution in [1.82, 2.24) is 10.2 Å². The molecule has 0 fully saturated rings. The molecule has 0 aliphatic rings. The van der Waals surface area contributed by atoms with E-state index in [0.717, 1.165) is 0 Å². The normalized spacial score (nSPS) is 12.4. The number of H-pyrrole nitrogens is 1. The molecular weight excluding hydrogens is 245 g/mol. The van der Waals surface area contributed by atoms with Gasteiger partial charge in [-0.05, 0) is 25.2 Å². The van der Waals surface area contributed by atoms with E-state index in [0.29, 0.717) is 14.6 Å². The Labute approximate surface area is 101 Å². The van der Waals surface area contributed by atoms with Gasteiger partial charge >= 0.3 is 0 Å². The molecular formula is C10H10FN3S2. The topological polar surface area (TPSA) is 40.7 Å². The van der Waals surface area contributed by atoms with Crippen molar-refractivity contribution in [2.24, 2.45) is 0 Å². The van der Waals surface area contributed by atoms with Crippen molar-refractivity contribution in [1.29, 1.82) is 0 Å². The molecule has 0 aliphatic carbocycles. The Hall–Kier alpha value is -1.27. The first kappa shape index (κ1) is 11.2. The largest absolute Gasteiger partial charge is 0.353 e. The molecule has 0 saturated carbocycles. The number of hydrogen-bond acceptors (Lipinski definition) is 4. The Kier molecular flexibility index (Phi) is 3.31. The molecule has 1 aromatic heterocycles. The predicted octanol–water partition coefficient (Wildman–Crippen LogP) is 3.51. The summed E-state index contributed by atoms with van der Waals surface area (Å²) in [5.41, 5.74) is 0.614. The summed E-state index contributed by atoms with van der Waals surface area (Å²) < 4.78 is 14.1. The Morgan fingerprint density at radius 1 is 1.50 bits per heavy atom. The van der Waals surface area contributed by atoms with E-state index < -0.39 is 0 Å². The summed E-state index contributed by atoms with van der Waals surface area (Å²) in [4.78, 5) is 0. The second-order valence-electron chi connectivity index (χ2n) is 3.31. The monoisotopic (exact) mass is 255 g/mol. The molecule has 0 spiro atoms. The summed E-state index contributed by atoms with van der Waals surface area (Å²) in [6.07, 6.45) is 0. The summed E-state index contributed by atoms with van der Waals surface area (Å²) in [6, 6.07) is 6.53. The molecule has 0 bridgehead atoms. The van der Waals surface area contributed by atoms with E-state index in [1.807, 2.05) is 13.0 Å². The van der Waals surface area contributed by atoms with Gasteiger partial charge in [0.1, 0.15) is 5.82 Å². The number of aromatic amines is 1. The van der Waals surface area contributed by atoms with Crippen molar-refractivity contribution < 1.29 is 4.39 Å². The molecule has 1 atom stereocenters. The molecule has 3 nitrogen and oxygen atoms in total. The van der Waals surface area contributed by atoms with Crippen LogP contribution in [0.1, 0.15) is 18.5 Å². The van der Waals surface area contributed by atoms with Gasteiger partial charge in [0.15, 0.2) is 3.95 Å². The van der Waals surface area contributed by atoms with Gasteiger partial charge in [0.25, 0.3) is 0 Å².